The second-order valence-corrected chi connectivity index (χ2v) is 8.51. The molecule has 0 aliphatic heterocycles. The molecule has 4 rings (SSSR count). The highest BCUT2D eigenvalue weighted by Crippen LogP contribution is 2.18. The van der Waals surface area contributed by atoms with Gasteiger partial charge in [0.2, 0.25) is 0 Å². The van der Waals surface area contributed by atoms with Crippen molar-refractivity contribution in [2.75, 3.05) is 6.54 Å². The average Bonchev–Trinajstić information content (AvgIpc) is 2.78. The van der Waals surface area contributed by atoms with Crippen molar-refractivity contribution < 1.29 is 4.79 Å². The van der Waals surface area contributed by atoms with Gasteiger partial charge in [-0.05, 0) is 72.7 Å². The molecule has 0 aliphatic carbocycles. The van der Waals surface area contributed by atoms with Crippen molar-refractivity contribution in [2.45, 2.75) is 26.8 Å². The van der Waals surface area contributed by atoms with Crippen LogP contribution in [-0.2, 0) is 13.0 Å². The van der Waals surface area contributed by atoms with Crippen molar-refractivity contribution >= 4 is 28.4 Å². The number of aromatic amines is 1. The van der Waals surface area contributed by atoms with Gasteiger partial charge in [0, 0.05) is 22.7 Å². The number of hydrogen-bond acceptors (Lipinski definition) is 2. The molecule has 0 saturated carbocycles. The number of nitrogens with zero attached hydrogens (tertiary/aromatic N) is 1. The maximum Gasteiger partial charge on any atom is 0.254 e. The number of nitrogens with one attached hydrogen (secondary N) is 1. The summed E-state index contributed by atoms with van der Waals surface area (Å²) in [5, 5.41) is 1.53. The Morgan fingerprint density at radius 3 is 2.38 bits per heavy atom. The fourth-order valence-corrected chi connectivity index (χ4v) is 4.05. The van der Waals surface area contributed by atoms with E-state index in [2.05, 4.69) is 24.0 Å². The van der Waals surface area contributed by atoms with E-state index in [1.54, 1.807) is 29.2 Å². The van der Waals surface area contributed by atoms with E-state index < -0.39 is 0 Å². The topological polar surface area (TPSA) is 53.2 Å². The highest BCUT2D eigenvalue weighted by Gasteiger charge is 2.18. The predicted molar refractivity (Wildman–Crippen MR) is 130 cm³/mol. The first-order valence-electron chi connectivity index (χ1n) is 10.6. The molecule has 1 amide bonds. The minimum absolute atomic E-state index is 0.126. The molecule has 0 radical (unpaired) electrons. The van der Waals surface area contributed by atoms with Crippen LogP contribution in [0.4, 0.5) is 0 Å². The van der Waals surface area contributed by atoms with Gasteiger partial charge in [-0.3, -0.25) is 9.59 Å². The van der Waals surface area contributed by atoms with E-state index in [1.165, 1.54) is 11.1 Å². The second-order valence-electron chi connectivity index (χ2n) is 8.07. The molecule has 1 N–H and O–H groups in total. The number of carbonyl (C=O) groups excluding carboxylic acids is 1. The lowest BCUT2D eigenvalue weighted by Crippen LogP contribution is -2.34. The van der Waals surface area contributed by atoms with Gasteiger partial charge < -0.3 is 9.88 Å². The largest absolute Gasteiger partial charge is 0.334 e. The quantitative estimate of drug-likeness (QED) is 0.415. The van der Waals surface area contributed by atoms with E-state index >= 15 is 0 Å². The Balaban J connectivity index is 1.67. The Kier molecular flexibility index (Phi) is 6.42. The standard InChI is InChI=1S/C27H25ClN2O2/c1-18-6-3-4-8-20(18)14-15-30(27(32)21-10-12-24(28)13-11-21)17-23-16-22-9-5-7-19(2)25(22)29-26(23)31/h3-13,16H,14-15,17H2,1-2H3,(H,29,31). The molecule has 0 unspecified atom stereocenters. The third kappa shape index (κ3) is 4.76. The molecule has 162 valence electrons. The number of H-pyrrole nitrogens is 1. The number of halogens is 1. The minimum atomic E-state index is -0.170. The SMILES string of the molecule is Cc1ccccc1CCN(Cc1cc2cccc(C)c2[nH]c1=O)C(=O)c1ccc(Cl)cc1. The highest BCUT2D eigenvalue weighted by atomic mass is 35.5. The summed E-state index contributed by atoms with van der Waals surface area (Å²) in [7, 11) is 0. The van der Waals surface area contributed by atoms with Crippen molar-refractivity contribution in [3.63, 3.8) is 0 Å². The number of para-hydroxylation sites is 1. The lowest BCUT2D eigenvalue weighted by Gasteiger charge is -2.23. The summed E-state index contributed by atoms with van der Waals surface area (Å²) >= 11 is 6.00. The number of pyridine rings is 1. The van der Waals surface area contributed by atoms with Crippen LogP contribution in [0.15, 0.2) is 77.6 Å². The normalized spacial score (nSPS) is 11.0. The minimum Gasteiger partial charge on any atom is -0.334 e. The van der Waals surface area contributed by atoms with Crippen LogP contribution < -0.4 is 5.56 Å². The van der Waals surface area contributed by atoms with Crippen molar-refractivity contribution in [3.05, 3.63) is 116 Å². The zero-order chi connectivity index (χ0) is 22.7. The summed E-state index contributed by atoms with van der Waals surface area (Å²) in [5.41, 5.74) is 5.16. The molecule has 0 atom stereocenters. The van der Waals surface area contributed by atoms with Gasteiger partial charge in [-0.2, -0.15) is 0 Å². The third-order valence-corrected chi connectivity index (χ3v) is 6.07. The number of benzene rings is 3. The fraction of sp³-hybridized carbons (Fsp3) is 0.185. The summed E-state index contributed by atoms with van der Waals surface area (Å²) in [5.74, 6) is -0.126. The maximum absolute atomic E-state index is 13.4. The second kappa shape index (κ2) is 9.41. The van der Waals surface area contributed by atoms with E-state index in [4.69, 9.17) is 11.6 Å². The van der Waals surface area contributed by atoms with Crippen molar-refractivity contribution in [2.24, 2.45) is 0 Å². The number of carbonyl (C=O) groups is 1. The Morgan fingerprint density at radius 2 is 1.62 bits per heavy atom. The molecule has 5 heteroatoms. The van der Waals surface area contributed by atoms with Crippen LogP contribution in [0.5, 0.6) is 0 Å². The van der Waals surface area contributed by atoms with Gasteiger partial charge in [0.15, 0.2) is 0 Å². The van der Waals surface area contributed by atoms with Crippen molar-refractivity contribution in [3.8, 4) is 0 Å². The average molecular weight is 445 g/mol. The highest BCUT2D eigenvalue weighted by molar-refractivity contribution is 6.30. The van der Waals surface area contributed by atoms with Crippen LogP contribution in [0, 0.1) is 13.8 Å². The molecule has 0 saturated heterocycles. The lowest BCUT2D eigenvalue weighted by molar-refractivity contribution is 0.0744. The fourth-order valence-electron chi connectivity index (χ4n) is 3.93. The zero-order valence-corrected chi connectivity index (χ0v) is 18.9. The Labute approximate surface area is 192 Å². The maximum atomic E-state index is 13.4. The molecule has 4 nitrogen and oxygen atoms in total. The van der Waals surface area contributed by atoms with Crippen molar-refractivity contribution in [1.29, 1.82) is 0 Å². The molecule has 4 aromatic rings. The van der Waals surface area contributed by atoms with Crippen LogP contribution >= 0.6 is 11.6 Å². The molecule has 0 bridgehead atoms. The summed E-state index contributed by atoms with van der Waals surface area (Å²) in [6, 6.07) is 22.8. The smallest absolute Gasteiger partial charge is 0.254 e. The first-order chi connectivity index (χ1) is 15.4. The zero-order valence-electron chi connectivity index (χ0n) is 18.2. The van der Waals surface area contributed by atoms with Gasteiger partial charge in [-0.25, -0.2) is 0 Å². The molecular formula is C27H25ClN2O2. The molecule has 1 aromatic heterocycles. The first kappa shape index (κ1) is 21.8. The lowest BCUT2D eigenvalue weighted by atomic mass is 10.0. The van der Waals surface area contributed by atoms with Crippen LogP contribution in [0.3, 0.4) is 0 Å². The van der Waals surface area contributed by atoms with E-state index in [1.807, 2.05) is 43.3 Å². The Hall–Kier alpha value is -3.37. The molecule has 0 fully saturated rings. The van der Waals surface area contributed by atoms with Crippen LogP contribution in [0.1, 0.15) is 32.6 Å². The predicted octanol–water partition coefficient (Wildman–Crippen LogP) is 5.68. The van der Waals surface area contributed by atoms with Gasteiger partial charge >= 0.3 is 0 Å². The molecule has 32 heavy (non-hydrogen) atoms. The van der Waals surface area contributed by atoms with E-state index in [-0.39, 0.29) is 18.0 Å². The van der Waals surface area contributed by atoms with E-state index in [0.717, 1.165) is 16.5 Å². The van der Waals surface area contributed by atoms with Gasteiger partial charge in [0.1, 0.15) is 0 Å². The van der Waals surface area contributed by atoms with Gasteiger partial charge in [-0.15, -0.1) is 0 Å². The number of amides is 1. The van der Waals surface area contributed by atoms with E-state index in [0.29, 0.717) is 29.1 Å². The first-order valence-corrected chi connectivity index (χ1v) is 11.0. The van der Waals surface area contributed by atoms with Crippen LogP contribution in [-0.4, -0.2) is 22.3 Å². The van der Waals surface area contributed by atoms with Gasteiger partial charge in [-0.1, -0.05) is 54.1 Å². The third-order valence-electron chi connectivity index (χ3n) is 5.82. The molecule has 0 spiro atoms. The monoisotopic (exact) mass is 444 g/mol. The molecule has 0 aliphatic rings. The summed E-state index contributed by atoms with van der Waals surface area (Å²) in [4.78, 5) is 30.9. The molecular weight excluding hydrogens is 420 g/mol. The number of aryl methyl sites for hydroxylation is 2. The van der Waals surface area contributed by atoms with Crippen LogP contribution in [0.25, 0.3) is 10.9 Å². The Morgan fingerprint density at radius 1 is 0.906 bits per heavy atom. The number of aromatic nitrogens is 1. The Bertz CT molecular complexity index is 1330. The molecule has 3 aromatic carbocycles. The van der Waals surface area contributed by atoms with Crippen molar-refractivity contribution in [1.82, 2.24) is 9.88 Å². The van der Waals surface area contributed by atoms with Crippen LogP contribution in [0.2, 0.25) is 5.02 Å². The number of hydrogen-bond donors (Lipinski definition) is 1. The molecule has 1 heterocycles. The summed E-state index contributed by atoms with van der Waals surface area (Å²) < 4.78 is 0. The van der Waals surface area contributed by atoms with E-state index in [9.17, 15) is 9.59 Å². The van der Waals surface area contributed by atoms with Gasteiger partial charge in [0.05, 0.1) is 12.1 Å². The number of fused-ring (bicyclic) bond motifs is 1. The summed E-state index contributed by atoms with van der Waals surface area (Å²) in [6.07, 6.45) is 0.705. The van der Waals surface area contributed by atoms with Gasteiger partial charge in [0.25, 0.3) is 11.5 Å². The summed E-state index contributed by atoms with van der Waals surface area (Å²) in [6.45, 7) is 4.76. The number of rotatable bonds is 6.